The van der Waals surface area contributed by atoms with Crippen molar-refractivity contribution in [1.29, 1.82) is 0 Å². The molecule has 2 rings (SSSR count). The molecule has 0 aliphatic heterocycles. The second kappa shape index (κ2) is 7.54. The number of carbonyl (C=O) groups is 2. The highest BCUT2D eigenvalue weighted by Gasteiger charge is 2.17. The van der Waals surface area contributed by atoms with Crippen LogP contribution in [0.5, 0.6) is 0 Å². The van der Waals surface area contributed by atoms with Crippen molar-refractivity contribution in [3.8, 4) is 0 Å². The number of para-hydroxylation sites is 1. The lowest BCUT2D eigenvalue weighted by Crippen LogP contribution is -2.29. The average molecular weight is 311 g/mol. The van der Waals surface area contributed by atoms with Crippen LogP contribution >= 0.6 is 0 Å². The van der Waals surface area contributed by atoms with E-state index >= 15 is 0 Å². The molecule has 1 heterocycles. The van der Waals surface area contributed by atoms with Gasteiger partial charge >= 0.3 is 11.8 Å². The third kappa shape index (κ3) is 4.39. The number of anilines is 2. The molecule has 1 unspecified atom stereocenters. The summed E-state index contributed by atoms with van der Waals surface area (Å²) in [5, 5.41) is 5.18. The molecule has 0 aliphatic carbocycles. The number of aromatic nitrogens is 1. The van der Waals surface area contributed by atoms with Crippen molar-refractivity contribution in [2.45, 2.75) is 33.1 Å². The summed E-state index contributed by atoms with van der Waals surface area (Å²) >= 11 is 0. The van der Waals surface area contributed by atoms with Crippen LogP contribution in [0.1, 0.15) is 37.3 Å². The predicted octanol–water partition coefficient (Wildman–Crippen LogP) is 3.48. The van der Waals surface area contributed by atoms with Gasteiger partial charge in [0.25, 0.3) is 0 Å². The number of benzene rings is 1. The molecule has 0 saturated heterocycles. The van der Waals surface area contributed by atoms with E-state index in [-0.39, 0.29) is 0 Å². The summed E-state index contributed by atoms with van der Waals surface area (Å²) in [6.07, 6.45) is 2.54. The van der Waals surface area contributed by atoms with Crippen molar-refractivity contribution >= 4 is 23.3 Å². The molecule has 0 bridgehead atoms. The van der Waals surface area contributed by atoms with Crippen molar-refractivity contribution in [3.05, 3.63) is 53.7 Å². The Morgan fingerprint density at radius 3 is 2.52 bits per heavy atom. The van der Waals surface area contributed by atoms with Crippen molar-refractivity contribution in [2.24, 2.45) is 0 Å². The standard InChI is InChI=1S/C18H21N3O2/c1-4-13(3)14-7-5-6-8-15(14)20-17(22)18(23)21-16-11-12(2)9-10-19-16/h5-11,13H,4H2,1-3H3,(H,20,22)(H,19,21,23). The van der Waals surface area contributed by atoms with Crippen LogP contribution in [0.2, 0.25) is 0 Å². The van der Waals surface area contributed by atoms with Gasteiger partial charge in [-0.2, -0.15) is 0 Å². The molecule has 1 aromatic carbocycles. The predicted molar refractivity (Wildman–Crippen MR) is 91.4 cm³/mol. The van der Waals surface area contributed by atoms with Gasteiger partial charge in [0.2, 0.25) is 0 Å². The number of amides is 2. The third-order valence-electron chi connectivity index (χ3n) is 3.72. The zero-order valence-corrected chi connectivity index (χ0v) is 13.6. The summed E-state index contributed by atoms with van der Waals surface area (Å²) in [6.45, 7) is 6.06. The van der Waals surface area contributed by atoms with Gasteiger partial charge in [0.15, 0.2) is 0 Å². The summed E-state index contributed by atoms with van der Waals surface area (Å²) in [5.74, 6) is -0.778. The Bertz CT molecular complexity index is 713. The highest BCUT2D eigenvalue weighted by molar-refractivity contribution is 6.43. The van der Waals surface area contributed by atoms with Crippen LogP contribution in [0.4, 0.5) is 11.5 Å². The van der Waals surface area contributed by atoms with E-state index < -0.39 is 11.8 Å². The molecule has 0 aliphatic rings. The maximum atomic E-state index is 12.1. The first-order chi connectivity index (χ1) is 11.0. The number of pyridine rings is 1. The second-order valence-corrected chi connectivity index (χ2v) is 5.52. The van der Waals surface area contributed by atoms with Crippen molar-refractivity contribution in [2.75, 3.05) is 10.6 Å². The van der Waals surface area contributed by atoms with Crippen LogP contribution in [0.25, 0.3) is 0 Å². The molecule has 0 fully saturated rings. The van der Waals surface area contributed by atoms with Gasteiger partial charge in [0.1, 0.15) is 5.82 Å². The van der Waals surface area contributed by atoms with Gasteiger partial charge < -0.3 is 10.6 Å². The van der Waals surface area contributed by atoms with Gasteiger partial charge in [0.05, 0.1) is 0 Å². The van der Waals surface area contributed by atoms with Crippen LogP contribution in [0, 0.1) is 6.92 Å². The number of rotatable bonds is 4. The fourth-order valence-electron chi connectivity index (χ4n) is 2.22. The van der Waals surface area contributed by atoms with E-state index in [0.717, 1.165) is 17.5 Å². The molecule has 2 aromatic rings. The summed E-state index contributed by atoms with van der Waals surface area (Å²) in [6, 6.07) is 11.0. The van der Waals surface area contributed by atoms with E-state index in [1.807, 2.05) is 31.2 Å². The third-order valence-corrected chi connectivity index (χ3v) is 3.72. The lowest BCUT2D eigenvalue weighted by Gasteiger charge is -2.15. The molecule has 5 heteroatoms. The lowest BCUT2D eigenvalue weighted by atomic mass is 9.97. The minimum absolute atomic E-state index is 0.299. The SMILES string of the molecule is CCC(C)c1ccccc1NC(=O)C(=O)Nc1cc(C)ccn1. The quantitative estimate of drug-likeness (QED) is 0.849. The van der Waals surface area contributed by atoms with E-state index in [4.69, 9.17) is 0 Å². The smallest absolute Gasteiger partial charge is 0.315 e. The Labute approximate surface area is 136 Å². The minimum Gasteiger partial charge on any atom is -0.318 e. The van der Waals surface area contributed by atoms with Gasteiger partial charge in [-0.15, -0.1) is 0 Å². The average Bonchev–Trinajstić information content (AvgIpc) is 2.54. The Hall–Kier alpha value is -2.69. The topological polar surface area (TPSA) is 71.1 Å². The first-order valence-electron chi connectivity index (χ1n) is 7.65. The summed E-state index contributed by atoms with van der Waals surface area (Å²) in [5.41, 5.74) is 2.64. The summed E-state index contributed by atoms with van der Waals surface area (Å²) in [4.78, 5) is 28.1. The molecule has 0 spiro atoms. The van der Waals surface area contributed by atoms with E-state index in [9.17, 15) is 9.59 Å². The molecule has 0 radical (unpaired) electrons. The minimum atomic E-state index is -0.734. The van der Waals surface area contributed by atoms with Crippen LogP contribution in [0.15, 0.2) is 42.6 Å². The van der Waals surface area contributed by atoms with Gasteiger partial charge in [-0.05, 0) is 48.6 Å². The maximum Gasteiger partial charge on any atom is 0.315 e. The van der Waals surface area contributed by atoms with Gasteiger partial charge in [0, 0.05) is 11.9 Å². The van der Waals surface area contributed by atoms with E-state index in [1.54, 1.807) is 18.3 Å². The zero-order valence-electron chi connectivity index (χ0n) is 13.6. The highest BCUT2D eigenvalue weighted by Crippen LogP contribution is 2.26. The number of nitrogens with one attached hydrogen (secondary N) is 2. The largest absolute Gasteiger partial charge is 0.318 e. The van der Waals surface area contributed by atoms with Crippen molar-refractivity contribution < 1.29 is 9.59 Å². The van der Waals surface area contributed by atoms with Gasteiger partial charge in [-0.3, -0.25) is 9.59 Å². The zero-order chi connectivity index (χ0) is 16.8. The molecule has 5 nitrogen and oxygen atoms in total. The maximum absolute atomic E-state index is 12.1. The molecular weight excluding hydrogens is 290 g/mol. The van der Waals surface area contributed by atoms with Crippen LogP contribution < -0.4 is 10.6 Å². The fraction of sp³-hybridized carbons (Fsp3) is 0.278. The number of nitrogens with zero attached hydrogens (tertiary/aromatic N) is 1. The van der Waals surface area contributed by atoms with E-state index in [0.29, 0.717) is 17.4 Å². The molecule has 1 atom stereocenters. The summed E-state index contributed by atoms with van der Waals surface area (Å²) in [7, 11) is 0. The fourth-order valence-corrected chi connectivity index (χ4v) is 2.22. The van der Waals surface area contributed by atoms with Crippen LogP contribution in [-0.4, -0.2) is 16.8 Å². The van der Waals surface area contributed by atoms with E-state index in [2.05, 4.69) is 29.5 Å². The number of carbonyl (C=O) groups excluding carboxylic acids is 2. The van der Waals surface area contributed by atoms with Gasteiger partial charge in [-0.1, -0.05) is 32.0 Å². The molecule has 0 saturated carbocycles. The summed E-state index contributed by atoms with van der Waals surface area (Å²) < 4.78 is 0. The first-order valence-corrected chi connectivity index (χ1v) is 7.65. The first kappa shape index (κ1) is 16.7. The normalized spacial score (nSPS) is 11.6. The van der Waals surface area contributed by atoms with Crippen LogP contribution in [-0.2, 0) is 9.59 Å². The van der Waals surface area contributed by atoms with Gasteiger partial charge in [-0.25, -0.2) is 4.98 Å². The van der Waals surface area contributed by atoms with E-state index in [1.165, 1.54) is 0 Å². The number of aryl methyl sites for hydroxylation is 1. The molecular formula is C18H21N3O2. The number of hydrogen-bond acceptors (Lipinski definition) is 3. The molecule has 2 amide bonds. The van der Waals surface area contributed by atoms with Crippen molar-refractivity contribution in [1.82, 2.24) is 4.98 Å². The highest BCUT2D eigenvalue weighted by atomic mass is 16.2. The Morgan fingerprint density at radius 2 is 1.83 bits per heavy atom. The Morgan fingerprint density at radius 1 is 1.13 bits per heavy atom. The van der Waals surface area contributed by atoms with Crippen molar-refractivity contribution in [3.63, 3.8) is 0 Å². The molecule has 1 aromatic heterocycles. The second-order valence-electron chi connectivity index (χ2n) is 5.52. The number of hydrogen-bond donors (Lipinski definition) is 2. The Balaban J connectivity index is 2.08. The monoisotopic (exact) mass is 311 g/mol. The Kier molecular flexibility index (Phi) is 5.46. The molecule has 2 N–H and O–H groups in total. The lowest BCUT2D eigenvalue weighted by molar-refractivity contribution is -0.133. The molecule has 23 heavy (non-hydrogen) atoms. The molecule has 120 valence electrons. The van der Waals surface area contributed by atoms with Crippen LogP contribution in [0.3, 0.4) is 0 Å².